The van der Waals surface area contributed by atoms with E-state index in [1.54, 1.807) is 12.1 Å². The molecule has 0 unspecified atom stereocenters. The van der Waals surface area contributed by atoms with E-state index in [4.69, 9.17) is 5.73 Å². The summed E-state index contributed by atoms with van der Waals surface area (Å²) in [5.41, 5.74) is 7.88. The minimum atomic E-state index is -0.253. The zero-order chi connectivity index (χ0) is 16.4. The standard InChI is InChI=1S/C18H21FN2OS.ClH/c1-11-10-16(18(22)21-15-8-6-14(20)7-9-15)23-17(11)12-2-4-13(19)5-3-12;/h2-5,10,14-15H,6-9,20H2,1H3,(H,21,22);1H. The molecule has 0 atom stereocenters. The molecule has 0 saturated heterocycles. The van der Waals surface area contributed by atoms with Crippen molar-refractivity contribution < 1.29 is 9.18 Å². The van der Waals surface area contributed by atoms with Crippen molar-refractivity contribution in [2.24, 2.45) is 5.73 Å². The lowest BCUT2D eigenvalue weighted by atomic mass is 9.92. The molecule has 1 amide bonds. The van der Waals surface area contributed by atoms with Gasteiger partial charge in [-0.15, -0.1) is 23.7 Å². The van der Waals surface area contributed by atoms with Crippen molar-refractivity contribution in [2.75, 3.05) is 0 Å². The number of rotatable bonds is 3. The van der Waals surface area contributed by atoms with E-state index < -0.39 is 0 Å². The summed E-state index contributed by atoms with van der Waals surface area (Å²) in [7, 11) is 0. The van der Waals surface area contributed by atoms with Crippen LogP contribution in [0.3, 0.4) is 0 Å². The third-order valence-corrected chi connectivity index (χ3v) is 5.64. The first-order valence-electron chi connectivity index (χ1n) is 7.96. The van der Waals surface area contributed by atoms with Gasteiger partial charge in [-0.05, 0) is 61.9 Å². The number of hydrogen-bond acceptors (Lipinski definition) is 3. The molecule has 0 spiro atoms. The average Bonchev–Trinajstić information content (AvgIpc) is 2.92. The van der Waals surface area contributed by atoms with Crippen molar-refractivity contribution in [2.45, 2.75) is 44.7 Å². The quantitative estimate of drug-likeness (QED) is 0.849. The highest BCUT2D eigenvalue weighted by Gasteiger charge is 2.22. The Morgan fingerprint density at radius 1 is 1.21 bits per heavy atom. The molecule has 1 aromatic carbocycles. The molecule has 0 radical (unpaired) electrons. The Balaban J connectivity index is 0.00000208. The summed E-state index contributed by atoms with van der Waals surface area (Å²) in [6.45, 7) is 1.98. The van der Waals surface area contributed by atoms with E-state index in [0.29, 0.717) is 4.88 Å². The van der Waals surface area contributed by atoms with Crippen LogP contribution in [0.1, 0.15) is 40.9 Å². The lowest BCUT2D eigenvalue weighted by molar-refractivity contribution is 0.0930. The van der Waals surface area contributed by atoms with Crippen LogP contribution in [0.15, 0.2) is 30.3 Å². The zero-order valence-electron chi connectivity index (χ0n) is 13.5. The van der Waals surface area contributed by atoms with Crippen LogP contribution < -0.4 is 11.1 Å². The number of nitrogens with one attached hydrogen (secondary N) is 1. The summed E-state index contributed by atoms with van der Waals surface area (Å²) in [5.74, 6) is -0.275. The van der Waals surface area contributed by atoms with Gasteiger partial charge in [0.25, 0.3) is 5.91 Å². The van der Waals surface area contributed by atoms with Crippen LogP contribution in [-0.4, -0.2) is 18.0 Å². The first kappa shape index (κ1) is 18.9. The van der Waals surface area contributed by atoms with Crippen LogP contribution in [0.5, 0.6) is 0 Å². The molecule has 1 saturated carbocycles. The zero-order valence-corrected chi connectivity index (χ0v) is 15.2. The number of benzene rings is 1. The second-order valence-corrected chi connectivity index (χ2v) is 7.27. The van der Waals surface area contributed by atoms with Gasteiger partial charge in [0.15, 0.2) is 0 Å². The summed E-state index contributed by atoms with van der Waals surface area (Å²) in [6.07, 6.45) is 3.83. The summed E-state index contributed by atoms with van der Waals surface area (Å²) in [5, 5.41) is 3.11. The molecule has 24 heavy (non-hydrogen) atoms. The Morgan fingerprint density at radius 3 is 2.46 bits per heavy atom. The predicted molar refractivity (Wildman–Crippen MR) is 99.4 cm³/mol. The smallest absolute Gasteiger partial charge is 0.261 e. The number of amides is 1. The van der Waals surface area contributed by atoms with Crippen LogP contribution in [0, 0.1) is 12.7 Å². The van der Waals surface area contributed by atoms with Crippen molar-refractivity contribution in [3.63, 3.8) is 0 Å². The maximum atomic E-state index is 13.1. The van der Waals surface area contributed by atoms with Crippen molar-refractivity contribution >= 4 is 29.7 Å². The van der Waals surface area contributed by atoms with Crippen LogP contribution in [0.25, 0.3) is 10.4 Å². The van der Waals surface area contributed by atoms with Gasteiger partial charge in [0, 0.05) is 17.0 Å². The molecule has 2 aromatic rings. The highest BCUT2D eigenvalue weighted by Crippen LogP contribution is 2.32. The van der Waals surface area contributed by atoms with E-state index in [0.717, 1.165) is 41.7 Å². The van der Waals surface area contributed by atoms with Gasteiger partial charge in [0.2, 0.25) is 0 Å². The van der Waals surface area contributed by atoms with Crippen molar-refractivity contribution in [1.29, 1.82) is 0 Å². The van der Waals surface area contributed by atoms with Crippen LogP contribution >= 0.6 is 23.7 Å². The van der Waals surface area contributed by atoms with Crippen molar-refractivity contribution in [3.8, 4) is 10.4 Å². The number of carbonyl (C=O) groups is 1. The molecule has 6 heteroatoms. The number of thiophene rings is 1. The van der Waals surface area contributed by atoms with Crippen molar-refractivity contribution in [3.05, 3.63) is 46.6 Å². The Bertz CT molecular complexity index is 694. The Kier molecular flexibility index (Phi) is 6.38. The largest absolute Gasteiger partial charge is 0.349 e. The third-order valence-electron chi connectivity index (χ3n) is 4.36. The second kappa shape index (κ2) is 8.10. The van der Waals surface area contributed by atoms with E-state index in [9.17, 15) is 9.18 Å². The molecule has 1 aromatic heterocycles. The van der Waals surface area contributed by atoms with E-state index >= 15 is 0 Å². The first-order valence-corrected chi connectivity index (χ1v) is 8.77. The molecule has 1 aliphatic rings. The minimum absolute atomic E-state index is 0. The fraction of sp³-hybridized carbons (Fsp3) is 0.389. The number of aryl methyl sites for hydroxylation is 1. The lowest BCUT2D eigenvalue weighted by Crippen LogP contribution is -2.40. The van der Waals surface area contributed by atoms with Crippen molar-refractivity contribution in [1.82, 2.24) is 5.32 Å². The Labute approximate surface area is 151 Å². The van der Waals surface area contributed by atoms with Gasteiger partial charge in [-0.1, -0.05) is 12.1 Å². The fourth-order valence-electron chi connectivity index (χ4n) is 3.00. The van der Waals surface area contributed by atoms with Gasteiger partial charge < -0.3 is 11.1 Å². The number of hydrogen-bond donors (Lipinski definition) is 2. The summed E-state index contributed by atoms with van der Waals surface area (Å²) in [6, 6.07) is 8.79. The van der Waals surface area contributed by atoms with E-state index in [-0.39, 0.29) is 36.2 Å². The predicted octanol–water partition coefficient (Wildman–Crippen LogP) is 4.28. The molecular weight excluding hydrogens is 347 g/mol. The summed E-state index contributed by atoms with van der Waals surface area (Å²) < 4.78 is 13.1. The van der Waals surface area contributed by atoms with Gasteiger partial charge in [0.1, 0.15) is 5.82 Å². The molecular formula is C18H22ClFN2OS. The molecule has 1 aliphatic carbocycles. The molecule has 130 valence electrons. The average molecular weight is 369 g/mol. The molecule has 0 aliphatic heterocycles. The van der Waals surface area contributed by atoms with Crippen LogP contribution in [-0.2, 0) is 0 Å². The first-order chi connectivity index (χ1) is 11.0. The monoisotopic (exact) mass is 368 g/mol. The highest BCUT2D eigenvalue weighted by atomic mass is 35.5. The van der Waals surface area contributed by atoms with Gasteiger partial charge in [-0.25, -0.2) is 4.39 Å². The lowest BCUT2D eigenvalue weighted by Gasteiger charge is -2.26. The van der Waals surface area contributed by atoms with Gasteiger partial charge in [-0.2, -0.15) is 0 Å². The van der Waals surface area contributed by atoms with E-state index in [1.807, 2.05) is 13.0 Å². The minimum Gasteiger partial charge on any atom is -0.349 e. The summed E-state index contributed by atoms with van der Waals surface area (Å²) in [4.78, 5) is 14.2. The normalized spacial score (nSPS) is 20.3. The molecule has 0 bridgehead atoms. The second-order valence-electron chi connectivity index (χ2n) is 6.21. The maximum Gasteiger partial charge on any atom is 0.261 e. The Hall–Kier alpha value is -1.43. The van der Waals surface area contributed by atoms with Crippen LogP contribution in [0.2, 0.25) is 0 Å². The maximum absolute atomic E-state index is 13.1. The number of halogens is 2. The van der Waals surface area contributed by atoms with Gasteiger partial charge >= 0.3 is 0 Å². The van der Waals surface area contributed by atoms with E-state index in [2.05, 4.69) is 5.32 Å². The number of carbonyl (C=O) groups excluding carboxylic acids is 1. The topological polar surface area (TPSA) is 55.1 Å². The molecule has 3 rings (SSSR count). The third kappa shape index (κ3) is 4.35. The molecule has 1 fully saturated rings. The molecule has 3 N–H and O–H groups in total. The SMILES string of the molecule is Cc1cc(C(=O)NC2CCC(N)CC2)sc1-c1ccc(F)cc1.Cl. The highest BCUT2D eigenvalue weighted by molar-refractivity contribution is 7.17. The summed E-state index contributed by atoms with van der Waals surface area (Å²) >= 11 is 1.46. The Morgan fingerprint density at radius 2 is 1.83 bits per heavy atom. The van der Waals surface area contributed by atoms with Crippen LogP contribution in [0.4, 0.5) is 4.39 Å². The van der Waals surface area contributed by atoms with Gasteiger partial charge in [-0.3, -0.25) is 4.79 Å². The van der Waals surface area contributed by atoms with Gasteiger partial charge in [0.05, 0.1) is 4.88 Å². The molecule has 3 nitrogen and oxygen atoms in total. The van der Waals surface area contributed by atoms with E-state index in [1.165, 1.54) is 23.5 Å². The number of nitrogens with two attached hydrogens (primary N) is 1. The molecule has 1 heterocycles. The fourth-order valence-corrected chi connectivity index (χ4v) is 4.08.